The summed E-state index contributed by atoms with van der Waals surface area (Å²) >= 11 is 5.88. The molecule has 0 bridgehead atoms. The van der Waals surface area contributed by atoms with Gasteiger partial charge in [-0.15, -0.1) is 46.2 Å². The van der Waals surface area contributed by atoms with Crippen LogP contribution in [-0.4, -0.2) is 41.0 Å². The maximum atomic E-state index is 13.3. The maximum absolute atomic E-state index is 13.3. The highest BCUT2D eigenvalue weighted by Gasteiger charge is 2.17. The molecule has 8 nitrogen and oxygen atoms in total. The van der Waals surface area contributed by atoms with Crippen LogP contribution in [0.3, 0.4) is 0 Å². The first-order chi connectivity index (χ1) is 19.4. The van der Waals surface area contributed by atoms with Crippen molar-refractivity contribution in [1.82, 2.24) is 29.5 Å². The molecule has 14 heteroatoms. The minimum atomic E-state index is -0.339. The van der Waals surface area contributed by atoms with Gasteiger partial charge in [0.1, 0.15) is 48.3 Å². The fourth-order valence-corrected chi connectivity index (χ4v) is 8.51. The van der Waals surface area contributed by atoms with Crippen molar-refractivity contribution in [3.05, 3.63) is 93.8 Å². The number of nitrogens with zero attached hydrogens (tertiary/aromatic N) is 6. The zero-order valence-corrected chi connectivity index (χ0v) is 24.3. The third-order valence-corrected chi connectivity index (χ3v) is 10.0. The number of halogens is 2. The topological polar surface area (TPSA) is 95.6 Å². The molecule has 0 aliphatic heterocycles. The van der Waals surface area contributed by atoms with Crippen LogP contribution in [-0.2, 0) is 0 Å². The Balaban J connectivity index is 0.000000161. The van der Waals surface area contributed by atoms with Gasteiger partial charge in [0.05, 0.1) is 8.42 Å². The zero-order valence-electron chi connectivity index (χ0n) is 21.1. The molecule has 0 N–H and O–H groups in total. The van der Waals surface area contributed by atoms with Crippen molar-refractivity contribution in [2.24, 2.45) is 0 Å². The number of fused-ring (bicyclic) bond motifs is 2. The fraction of sp³-hybridized carbons (Fsp3) is 0.154. The summed E-state index contributed by atoms with van der Waals surface area (Å²) in [4.78, 5) is 33.0. The molecule has 4 heterocycles. The third-order valence-electron chi connectivity index (χ3n) is 5.45. The SMILES string of the molecule is CCSc1sc2cc(F)ccc2c(=O)c1-n1cncn1.CCSc1sc2cc(F)ccc2c(=O)c1-n1cncn1. The summed E-state index contributed by atoms with van der Waals surface area (Å²) in [7, 11) is 0. The Morgan fingerprint density at radius 1 is 0.725 bits per heavy atom. The summed E-state index contributed by atoms with van der Waals surface area (Å²) in [5, 5.41) is 9.08. The van der Waals surface area contributed by atoms with Gasteiger partial charge in [-0.25, -0.2) is 28.1 Å². The first kappa shape index (κ1) is 28.1. The standard InChI is InChI=1S/2C13H10FN3OS2/c2*1-2-19-13-11(17-7-15-6-16-17)12(18)9-4-3-8(14)5-10(9)20-13/h2*3-7H,2H2,1H3. The molecule has 2 aromatic carbocycles. The Hall–Kier alpha value is -3.46. The van der Waals surface area contributed by atoms with Gasteiger partial charge in [0.15, 0.2) is 0 Å². The molecule has 4 aromatic heterocycles. The van der Waals surface area contributed by atoms with E-state index in [-0.39, 0.29) is 22.5 Å². The predicted molar refractivity (Wildman–Crippen MR) is 159 cm³/mol. The molecule has 6 aromatic rings. The smallest absolute Gasteiger partial charge is 0.214 e. The lowest BCUT2D eigenvalue weighted by Crippen LogP contribution is -2.13. The number of aromatic nitrogens is 6. The Morgan fingerprint density at radius 2 is 1.15 bits per heavy atom. The van der Waals surface area contributed by atoms with Gasteiger partial charge in [-0.2, -0.15) is 10.2 Å². The lowest BCUT2D eigenvalue weighted by atomic mass is 10.2. The van der Waals surface area contributed by atoms with E-state index in [2.05, 4.69) is 20.2 Å². The van der Waals surface area contributed by atoms with Gasteiger partial charge in [-0.1, -0.05) is 13.8 Å². The van der Waals surface area contributed by atoms with E-state index in [9.17, 15) is 18.4 Å². The van der Waals surface area contributed by atoms with Gasteiger partial charge in [-0.05, 0) is 47.9 Å². The number of rotatable bonds is 6. The average molecular weight is 615 g/mol. The van der Waals surface area contributed by atoms with Crippen LogP contribution in [0.1, 0.15) is 13.8 Å². The van der Waals surface area contributed by atoms with Crippen molar-refractivity contribution in [3.63, 3.8) is 0 Å². The van der Waals surface area contributed by atoms with Crippen molar-refractivity contribution in [2.75, 3.05) is 11.5 Å². The van der Waals surface area contributed by atoms with Gasteiger partial charge in [0, 0.05) is 20.2 Å². The summed E-state index contributed by atoms with van der Waals surface area (Å²) in [6, 6.07) is 8.43. The summed E-state index contributed by atoms with van der Waals surface area (Å²) in [5.74, 6) is 0.958. The Labute approximate surface area is 242 Å². The zero-order chi connectivity index (χ0) is 28.2. The normalized spacial score (nSPS) is 11.1. The van der Waals surface area contributed by atoms with Crippen molar-refractivity contribution in [1.29, 1.82) is 0 Å². The molecule has 0 saturated carbocycles. The van der Waals surface area contributed by atoms with E-state index in [4.69, 9.17) is 0 Å². The second kappa shape index (κ2) is 12.4. The second-order valence-electron chi connectivity index (χ2n) is 7.96. The molecule has 0 spiro atoms. The van der Waals surface area contributed by atoms with Crippen LogP contribution in [0.2, 0.25) is 0 Å². The maximum Gasteiger partial charge on any atom is 0.214 e. The van der Waals surface area contributed by atoms with E-state index in [1.54, 1.807) is 23.5 Å². The van der Waals surface area contributed by atoms with Crippen molar-refractivity contribution in [3.8, 4) is 11.4 Å². The summed E-state index contributed by atoms with van der Waals surface area (Å²) in [6.07, 6.45) is 5.77. The van der Waals surface area contributed by atoms with E-state index < -0.39 is 0 Å². The molecule has 6 rings (SSSR count). The van der Waals surface area contributed by atoms with Gasteiger partial charge < -0.3 is 0 Å². The first-order valence-corrected chi connectivity index (χ1v) is 15.5. The molecule has 0 saturated heterocycles. The number of hydrogen-bond acceptors (Lipinski definition) is 10. The van der Waals surface area contributed by atoms with Gasteiger partial charge in [0.2, 0.25) is 10.9 Å². The number of hydrogen-bond donors (Lipinski definition) is 0. The molecule has 0 radical (unpaired) electrons. The number of thioether (sulfide) groups is 2. The third kappa shape index (κ3) is 5.70. The molecular weight excluding hydrogens is 595 g/mol. The van der Waals surface area contributed by atoms with E-state index in [0.717, 1.165) is 19.9 Å². The van der Waals surface area contributed by atoms with Crippen LogP contribution in [0, 0.1) is 11.6 Å². The molecular formula is C26H20F2N6O2S4. The molecule has 0 unspecified atom stereocenters. The minimum absolute atomic E-state index is 0.153. The Kier molecular flexibility index (Phi) is 8.69. The molecule has 40 heavy (non-hydrogen) atoms. The van der Waals surface area contributed by atoms with E-state index in [0.29, 0.717) is 31.5 Å². The lowest BCUT2D eigenvalue weighted by Gasteiger charge is -2.08. The highest BCUT2D eigenvalue weighted by Crippen LogP contribution is 2.33. The van der Waals surface area contributed by atoms with E-state index >= 15 is 0 Å². The molecule has 0 fully saturated rings. The summed E-state index contributed by atoms with van der Waals surface area (Å²) < 4.78 is 32.5. The van der Waals surface area contributed by atoms with Crippen molar-refractivity contribution in [2.45, 2.75) is 22.3 Å². The second-order valence-corrected chi connectivity index (χ2v) is 13.1. The van der Waals surface area contributed by atoms with Crippen LogP contribution >= 0.6 is 46.2 Å². The van der Waals surface area contributed by atoms with Crippen LogP contribution in [0.15, 0.2) is 79.7 Å². The van der Waals surface area contributed by atoms with Crippen LogP contribution < -0.4 is 10.9 Å². The van der Waals surface area contributed by atoms with Crippen LogP contribution in [0.5, 0.6) is 0 Å². The van der Waals surface area contributed by atoms with Gasteiger partial charge >= 0.3 is 0 Å². The summed E-state index contributed by atoms with van der Waals surface area (Å²) in [6.45, 7) is 4.01. The molecule has 0 atom stereocenters. The number of benzene rings is 2. The molecule has 0 amide bonds. The molecule has 0 aliphatic carbocycles. The van der Waals surface area contributed by atoms with Crippen LogP contribution in [0.25, 0.3) is 31.5 Å². The van der Waals surface area contributed by atoms with E-state index in [1.807, 2.05) is 13.8 Å². The van der Waals surface area contributed by atoms with Crippen molar-refractivity contribution >= 4 is 66.4 Å². The minimum Gasteiger partial charge on any atom is -0.287 e. The van der Waals surface area contributed by atoms with E-state index in [1.165, 1.54) is 93.7 Å². The molecule has 204 valence electrons. The fourth-order valence-electron chi connectivity index (χ4n) is 3.77. The molecule has 0 aliphatic rings. The Bertz CT molecular complexity index is 1770. The quantitative estimate of drug-likeness (QED) is 0.205. The lowest BCUT2D eigenvalue weighted by molar-refractivity contribution is 0.629. The Morgan fingerprint density at radius 3 is 1.50 bits per heavy atom. The van der Waals surface area contributed by atoms with Gasteiger partial charge in [0.25, 0.3) is 0 Å². The van der Waals surface area contributed by atoms with Crippen LogP contribution in [0.4, 0.5) is 8.78 Å². The predicted octanol–water partition coefficient (Wildman–Crippen LogP) is 6.19. The summed E-state index contributed by atoms with van der Waals surface area (Å²) in [5.41, 5.74) is 0.664. The first-order valence-electron chi connectivity index (χ1n) is 11.9. The van der Waals surface area contributed by atoms with Gasteiger partial charge in [-0.3, -0.25) is 9.59 Å². The monoisotopic (exact) mass is 614 g/mol. The largest absolute Gasteiger partial charge is 0.287 e. The highest BCUT2D eigenvalue weighted by atomic mass is 32.2. The van der Waals surface area contributed by atoms with Crippen molar-refractivity contribution < 1.29 is 8.78 Å². The average Bonchev–Trinajstić information content (AvgIpc) is 3.65. The highest BCUT2D eigenvalue weighted by molar-refractivity contribution is 8.01.